The van der Waals surface area contributed by atoms with Crippen LogP contribution in [-0.4, -0.2) is 10.8 Å². The lowest BCUT2D eigenvalue weighted by Gasteiger charge is -2.04. The Morgan fingerprint density at radius 1 is 0.704 bits per heavy atom. The molecule has 1 heterocycles. The Hall–Kier alpha value is -3.86. The molecule has 0 bridgehead atoms. The van der Waals surface area contributed by atoms with Crippen LogP contribution < -0.4 is 5.43 Å². The Balaban J connectivity index is 1.63. The molecule has 0 unspecified atom stereocenters. The maximum Gasteiger partial charge on any atom is 0.201 e. The minimum atomic E-state index is 0.481. The van der Waals surface area contributed by atoms with Gasteiger partial charge in [0.1, 0.15) is 5.82 Å². The number of aromatic nitrogens is 1. The minimum absolute atomic E-state index is 0.481. The summed E-state index contributed by atoms with van der Waals surface area (Å²) in [6.07, 6.45) is 0. The molecule has 4 aromatic rings. The van der Waals surface area contributed by atoms with Crippen molar-refractivity contribution < 1.29 is 0 Å². The SMILES string of the molecule is c1ccc(N=NC(=NNc2ccc3ccccc3n2)c2ccccc2)cc1. The van der Waals surface area contributed by atoms with E-state index in [1.54, 1.807) is 0 Å². The highest BCUT2D eigenvalue weighted by molar-refractivity contribution is 5.99. The van der Waals surface area contributed by atoms with Gasteiger partial charge < -0.3 is 0 Å². The molecule has 0 aliphatic rings. The van der Waals surface area contributed by atoms with Crippen LogP contribution in [0.15, 0.2) is 112 Å². The summed E-state index contributed by atoms with van der Waals surface area (Å²) in [7, 11) is 0. The first-order valence-corrected chi connectivity index (χ1v) is 8.60. The number of azo groups is 1. The molecule has 1 N–H and O–H groups in total. The summed E-state index contributed by atoms with van der Waals surface area (Å²) >= 11 is 0. The largest absolute Gasteiger partial charge is 0.259 e. The Kier molecular flexibility index (Phi) is 4.93. The van der Waals surface area contributed by atoms with Crippen molar-refractivity contribution >= 4 is 28.2 Å². The first-order chi connectivity index (χ1) is 13.4. The Morgan fingerprint density at radius 2 is 1.41 bits per heavy atom. The summed E-state index contributed by atoms with van der Waals surface area (Å²) in [6.45, 7) is 0. The topological polar surface area (TPSA) is 62.0 Å². The highest BCUT2D eigenvalue weighted by Crippen LogP contribution is 2.16. The molecule has 0 atom stereocenters. The lowest BCUT2D eigenvalue weighted by atomic mass is 10.2. The van der Waals surface area contributed by atoms with E-state index in [-0.39, 0.29) is 0 Å². The van der Waals surface area contributed by atoms with Gasteiger partial charge in [-0.25, -0.2) is 4.98 Å². The number of anilines is 1. The van der Waals surface area contributed by atoms with Crippen molar-refractivity contribution in [3.05, 3.63) is 103 Å². The van der Waals surface area contributed by atoms with Gasteiger partial charge >= 0.3 is 0 Å². The number of hydrogen-bond acceptors (Lipinski definition) is 4. The van der Waals surface area contributed by atoms with Gasteiger partial charge in [0.2, 0.25) is 5.84 Å². The van der Waals surface area contributed by atoms with Crippen LogP contribution in [0, 0.1) is 0 Å². The predicted octanol–water partition coefficient (Wildman–Crippen LogP) is 5.79. The fourth-order valence-corrected chi connectivity index (χ4v) is 2.57. The van der Waals surface area contributed by atoms with E-state index in [0.29, 0.717) is 11.7 Å². The third kappa shape index (κ3) is 4.22. The number of pyridine rings is 1. The fourth-order valence-electron chi connectivity index (χ4n) is 2.57. The first-order valence-electron chi connectivity index (χ1n) is 8.60. The quantitative estimate of drug-likeness (QED) is 0.219. The van der Waals surface area contributed by atoms with Gasteiger partial charge in [-0.1, -0.05) is 66.7 Å². The van der Waals surface area contributed by atoms with E-state index in [2.05, 4.69) is 25.7 Å². The van der Waals surface area contributed by atoms with Crippen LogP contribution in [-0.2, 0) is 0 Å². The summed E-state index contributed by atoms with van der Waals surface area (Å²) in [5.74, 6) is 1.13. The average Bonchev–Trinajstić information content (AvgIpc) is 2.75. The van der Waals surface area contributed by atoms with Gasteiger partial charge in [0.25, 0.3) is 0 Å². The van der Waals surface area contributed by atoms with E-state index in [1.807, 2.05) is 97.1 Å². The molecular weight excluding hydrogens is 334 g/mol. The maximum absolute atomic E-state index is 4.57. The average molecular weight is 351 g/mol. The van der Waals surface area contributed by atoms with Crippen molar-refractivity contribution in [2.75, 3.05) is 5.43 Å². The number of benzene rings is 3. The van der Waals surface area contributed by atoms with Gasteiger partial charge in [-0.15, -0.1) is 10.2 Å². The van der Waals surface area contributed by atoms with Crippen molar-refractivity contribution in [1.29, 1.82) is 0 Å². The second kappa shape index (κ2) is 8.01. The monoisotopic (exact) mass is 351 g/mol. The molecule has 0 radical (unpaired) electrons. The normalized spacial score (nSPS) is 11.8. The Labute approximate surface area is 157 Å². The van der Waals surface area contributed by atoms with Gasteiger partial charge in [0, 0.05) is 10.9 Å². The second-order valence-corrected chi connectivity index (χ2v) is 5.84. The van der Waals surface area contributed by atoms with Crippen molar-refractivity contribution in [2.24, 2.45) is 15.3 Å². The van der Waals surface area contributed by atoms with E-state index < -0.39 is 0 Å². The van der Waals surface area contributed by atoms with Crippen molar-refractivity contribution in [1.82, 2.24) is 4.98 Å². The number of amidine groups is 1. The molecule has 1 aromatic heterocycles. The molecule has 0 aliphatic heterocycles. The number of fused-ring (bicyclic) bond motifs is 1. The van der Waals surface area contributed by atoms with E-state index in [0.717, 1.165) is 22.2 Å². The van der Waals surface area contributed by atoms with E-state index >= 15 is 0 Å². The van der Waals surface area contributed by atoms with Gasteiger partial charge in [-0.3, -0.25) is 5.43 Å². The highest BCUT2D eigenvalue weighted by Gasteiger charge is 2.03. The van der Waals surface area contributed by atoms with Crippen molar-refractivity contribution in [2.45, 2.75) is 0 Å². The summed E-state index contributed by atoms with van der Waals surface area (Å²) in [4.78, 5) is 4.57. The Bertz CT molecular complexity index is 1090. The molecule has 0 fully saturated rings. The third-order valence-electron chi connectivity index (χ3n) is 3.92. The zero-order valence-corrected chi connectivity index (χ0v) is 14.5. The predicted molar refractivity (Wildman–Crippen MR) is 109 cm³/mol. The molecule has 27 heavy (non-hydrogen) atoms. The molecule has 3 aromatic carbocycles. The lowest BCUT2D eigenvalue weighted by molar-refractivity contribution is 1.20. The van der Waals surface area contributed by atoms with Crippen LogP contribution in [0.25, 0.3) is 10.9 Å². The van der Waals surface area contributed by atoms with Gasteiger partial charge in [0.05, 0.1) is 11.2 Å². The summed E-state index contributed by atoms with van der Waals surface area (Å²) < 4.78 is 0. The highest BCUT2D eigenvalue weighted by atomic mass is 15.4. The smallest absolute Gasteiger partial charge is 0.201 e. The zero-order chi connectivity index (χ0) is 18.3. The standard InChI is InChI=1S/C22H17N5/c1-3-10-18(11-4-1)22(26-24-19-12-5-2-6-13-19)27-25-21-16-15-17-9-7-8-14-20(17)23-21/h1-16H,(H,23,25). The molecule has 4 rings (SSSR count). The van der Waals surface area contributed by atoms with Crippen LogP contribution in [0.2, 0.25) is 0 Å². The first kappa shape index (κ1) is 16.6. The molecule has 5 heteroatoms. The third-order valence-corrected chi connectivity index (χ3v) is 3.92. The molecule has 0 spiro atoms. The van der Waals surface area contributed by atoms with Crippen LogP contribution in [0.1, 0.15) is 5.56 Å². The van der Waals surface area contributed by atoms with Crippen LogP contribution in [0.5, 0.6) is 0 Å². The Morgan fingerprint density at radius 3 is 2.22 bits per heavy atom. The van der Waals surface area contributed by atoms with Crippen molar-refractivity contribution in [3.63, 3.8) is 0 Å². The second-order valence-electron chi connectivity index (χ2n) is 5.84. The molecule has 0 amide bonds. The zero-order valence-electron chi connectivity index (χ0n) is 14.5. The van der Waals surface area contributed by atoms with Crippen molar-refractivity contribution in [3.8, 4) is 0 Å². The molecule has 0 aliphatic carbocycles. The van der Waals surface area contributed by atoms with Crippen LogP contribution in [0.4, 0.5) is 11.5 Å². The van der Waals surface area contributed by atoms with Gasteiger partial charge in [0.15, 0.2) is 0 Å². The number of para-hydroxylation sites is 1. The maximum atomic E-state index is 4.57. The minimum Gasteiger partial charge on any atom is -0.259 e. The molecule has 5 nitrogen and oxygen atoms in total. The summed E-state index contributed by atoms with van der Waals surface area (Å²) in [5.41, 5.74) is 5.54. The van der Waals surface area contributed by atoms with E-state index in [1.165, 1.54) is 0 Å². The molecule has 130 valence electrons. The number of hydrazone groups is 1. The molecule has 0 saturated carbocycles. The van der Waals surface area contributed by atoms with Crippen LogP contribution >= 0.6 is 0 Å². The van der Waals surface area contributed by atoms with E-state index in [4.69, 9.17) is 0 Å². The fraction of sp³-hybridized carbons (Fsp3) is 0. The lowest BCUT2D eigenvalue weighted by Crippen LogP contribution is -2.02. The summed E-state index contributed by atoms with van der Waals surface area (Å²) in [6, 6.07) is 31.1. The number of hydrogen-bond donors (Lipinski definition) is 1. The molecular formula is C22H17N5. The van der Waals surface area contributed by atoms with E-state index in [9.17, 15) is 0 Å². The summed E-state index contributed by atoms with van der Waals surface area (Å²) in [5, 5.41) is 14.1. The number of nitrogens with zero attached hydrogens (tertiary/aromatic N) is 4. The van der Waals surface area contributed by atoms with Crippen LogP contribution in [0.3, 0.4) is 0 Å². The van der Waals surface area contributed by atoms with Gasteiger partial charge in [-0.05, 0) is 30.3 Å². The molecule has 0 saturated heterocycles. The number of nitrogens with one attached hydrogen (secondary N) is 1. The van der Waals surface area contributed by atoms with Gasteiger partial charge in [-0.2, -0.15) is 5.10 Å². The number of rotatable bonds is 4.